The highest BCUT2D eigenvalue weighted by atomic mass is 16.5. The van der Waals surface area contributed by atoms with Crippen LogP contribution in [0.2, 0.25) is 0 Å². The predicted molar refractivity (Wildman–Crippen MR) is 96.4 cm³/mol. The number of hydrogen-bond acceptors (Lipinski definition) is 3. The molecule has 2 rings (SSSR count). The Balaban J connectivity index is 2.08. The van der Waals surface area contributed by atoms with Gasteiger partial charge in [-0.2, -0.15) is 0 Å². The van der Waals surface area contributed by atoms with Gasteiger partial charge in [-0.15, -0.1) is 0 Å². The zero-order valence-electron chi connectivity index (χ0n) is 14.1. The lowest BCUT2D eigenvalue weighted by atomic mass is 10.1. The van der Waals surface area contributed by atoms with Crippen molar-refractivity contribution in [3.63, 3.8) is 0 Å². The Morgan fingerprint density at radius 1 is 1.08 bits per heavy atom. The Morgan fingerprint density at radius 3 is 2.36 bits per heavy atom. The van der Waals surface area contributed by atoms with E-state index in [0.29, 0.717) is 17.7 Å². The summed E-state index contributed by atoms with van der Waals surface area (Å²) < 4.78 is 5.57. The van der Waals surface area contributed by atoms with Gasteiger partial charge in [-0.1, -0.05) is 43.7 Å². The minimum Gasteiger partial charge on any atom is -0.494 e. The number of carboxylic acids is 1. The number of nitrogens with one attached hydrogen (secondary N) is 1. The summed E-state index contributed by atoms with van der Waals surface area (Å²) in [7, 11) is 0. The van der Waals surface area contributed by atoms with Crippen LogP contribution in [-0.2, 0) is 4.79 Å². The van der Waals surface area contributed by atoms with Crippen LogP contribution in [0.25, 0.3) is 6.08 Å². The maximum Gasteiger partial charge on any atom is 0.352 e. The van der Waals surface area contributed by atoms with Crippen LogP contribution in [0.15, 0.2) is 60.3 Å². The first-order valence-electron chi connectivity index (χ1n) is 8.14. The highest BCUT2D eigenvalue weighted by molar-refractivity contribution is 6.02. The molecule has 130 valence electrons. The van der Waals surface area contributed by atoms with Crippen LogP contribution in [0.5, 0.6) is 5.75 Å². The van der Waals surface area contributed by atoms with E-state index in [4.69, 9.17) is 4.74 Å². The van der Waals surface area contributed by atoms with E-state index >= 15 is 0 Å². The van der Waals surface area contributed by atoms with Crippen molar-refractivity contribution >= 4 is 18.0 Å². The van der Waals surface area contributed by atoms with Gasteiger partial charge in [-0.25, -0.2) is 4.79 Å². The molecule has 0 aliphatic rings. The predicted octanol–water partition coefficient (Wildman–Crippen LogP) is 3.72. The van der Waals surface area contributed by atoms with Crippen LogP contribution in [0.1, 0.15) is 35.7 Å². The number of ether oxygens (including phenoxy) is 1. The molecule has 5 nitrogen and oxygen atoms in total. The van der Waals surface area contributed by atoms with E-state index in [1.165, 1.54) is 6.08 Å². The number of rotatable bonds is 8. The van der Waals surface area contributed by atoms with Crippen LogP contribution < -0.4 is 10.1 Å². The van der Waals surface area contributed by atoms with Crippen molar-refractivity contribution < 1.29 is 19.4 Å². The molecule has 0 bridgehead atoms. The molecule has 0 unspecified atom stereocenters. The second-order valence-electron chi connectivity index (χ2n) is 5.45. The largest absolute Gasteiger partial charge is 0.494 e. The van der Waals surface area contributed by atoms with E-state index in [-0.39, 0.29) is 5.70 Å². The molecule has 0 fully saturated rings. The molecule has 0 atom stereocenters. The number of benzene rings is 2. The van der Waals surface area contributed by atoms with Crippen molar-refractivity contribution in [2.45, 2.75) is 19.8 Å². The van der Waals surface area contributed by atoms with E-state index in [0.717, 1.165) is 18.6 Å². The minimum atomic E-state index is -1.20. The first-order valence-corrected chi connectivity index (χ1v) is 8.14. The molecule has 0 aliphatic heterocycles. The number of carbonyl (C=O) groups excluding carboxylic acids is 1. The van der Waals surface area contributed by atoms with E-state index in [1.54, 1.807) is 54.6 Å². The molecule has 0 aromatic heterocycles. The lowest BCUT2D eigenvalue weighted by Crippen LogP contribution is -2.27. The Bertz CT molecular complexity index is 736. The maximum atomic E-state index is 12.1. The third-order valence-electron chi connectivity index (χ3n) is 3.47. The number of amides is 1. The van der Waals surface area contributed by atoms with E-state index in [9.17, 15) is 14.7 Å². The normalized spacial score (nSPS) is 11.0. The molecular weight excluding hydrogens is 318 g/mol. The summed E-state index contributed by atoms with van der Waals surface area (Å²) in [6, 6.07) is 15.5. The fraction of sp³-hybridized carbons (Fsp3) is 0.200. The fourth-order valence-corrected chi connectivity index (χ4v) is 2.10. The third kappa shape index (κ3) is 5.80. The van der Waals surface area contributed by atoms with Gasteiger partial charge in [0.2, 0.25) is 0 Å². The van der Waals surface area contributed by atoms with Gasteiger partial charge in [0.05, 0.1) is 6.61 Å². The van der Waals surface area contributed by atoms with Crippen molar-refractivity contribution in [1.29, 1.82) is 0 Å². The van der Waals surface area contributed by atoms with Crippen LogP contribution >= 0.6 is 0 Å². The molecule has 0 spiro atoms. The second kappa shape index (κ2) is 9.27. The number of hydrogen-bond donors (Lipinski definition) is 2. The van der Waals surface area contributed by atoms with Gasteiger partial charge in [-0.3, -0.25) is 4.79 Å². The number of unbranched alkanes of at least 4 members (excludes halogenated alkanes) is 1. The third-order valence-corrected chi connectivity index (χ3v) is 3.47. The van der Waals surface area contributed by atoms with Crippen LogP contribution in [0.3, 0.4) is 0 Å². The standard InChI is InChI=1S/C20H21NO4/c1-2-3-13-25-17-11-9-15(10-12-17)14-18(20(23)24)21-19(22)16-7-5-4-6-8-16/h4-12,14H,2-3,13H2,1H3,(H,21,22)(H,23,24)/b18-14+. The molecule has 2 aromatic rings. The Hall–Kier alpha value is -3.08. The quantitative estimate of drug-likeness (QED) is 0.568. The molecule has 0 heterocycles. The molecule has 25 heavy (non-hydrogen) atoms. The van der Waals surface area contributed by atoms with Crippen LogP contribution in [0, 0.1) is 0 Å². The van der Waals surface area contributed by atoms with Gasteiger partial charge in [0.1, 0.15) is 11.4 Å². The molecule has 0 aliphatic carbocycles. The number of carboxylic acid groups (broad SMARTS) is 1. The highest BCUT2D eigenvalue weighted by Crippen LogP contribution is 2.15. The summed E-state index contributed by atoms with van der Waals surface area (Å²) >= 11 is 0. The van der Waals surface area contributed by atoms with Crippen LogP contribution in [-0.4, -0.2) is 23.6 Å². The topological polar surface area (TPSA) is 75.6 Å². The van der Waals surface area contributed by atoms with Crippen molar-refractivity contribution in [3.05, 3.63) is 71.4 Å². The maximum absolute atomic E-state index is 12.1. The number of carbonyl (C=O) groups is 2. The van der Waals surface area contributed by atoms with Crippen molar-refractivity contribution in [3.8, 4) is 5.75 Å². The average Bonchev–Trinajstić information content (AvgIpc) is 2.63. The molecular formula is C20H21NO4. The molecule has 0 radical (unpaired) electrons. The van der Waals surface area contributed by atoms with Crippen LogP contribution in [0.4, 0.5) is 0 Å². The zero-order valence-corrected chi connectivity index (χ0v) is 14.1. The first kappa shape index (κ1) is 18.3. The SMILES string of the molecule is CCCCOc1ccc(/C=C(/NC(=O)c2ccccc2)C(=O)O)cc1. The fourth-order valence-electron chi connectivity index (χ4n) is 2.10. The van der Waals surface area contributed by atoms with Crippen molar-refractivity contribution in [1.82, 2.24) is 5.32 Å². The molecule has 0 saturated heterocycles. The Morgan fingerprint density at radius 2 is 1.76 bits per heavy atom. The van der Waals surface area contributed by atoms with Gasteiger partial charge >= 0.3 is 5.97 Å². The smallest absolute Gasteiger partial charge is 0.352 e. The second-order valence-corrected chi connectivity index (χ2v) is 5.45. The molecule has 2 N–H and O–H groups in total. The summed E-state index contributed by atoms with van der Waals surface area (Å²) in [5.41, 5.74) is 0.872. The van der Waals surface area contributed by atoms with Gasteiger partial charge in [0.25, 0.3) is 5.91 Å². The number of aliphatic carboxylic acids is 1. The van der Waals surface area contributed by atoms with E-state index < -0.39 is 11.9 Å². The summed E-state index contributed by atoms with van der Waals surface area (Å²) in [6.07, 6.45) is 3.46. The molecule has 1 amide bonds. The summed E-state index contributed by atoms with van der Waals surface area (Å²) in [5.74, 6) is -0.933. The van der Waals surface area contributed by atoms with Gasteiger partial charge in [0.15, 0.2) is 0 Å². The summed E-state index contributed by atoms with van der Waals surface area (Å²) in [6.45, 7) is 2.74. The Labute approximate surface area is 146 Å². The highest BCUT2D eigenvalue weighted by Gasteiger charge is 2.13. The van der Waals surface area contributed by atoms with Gasteiger partial charge in [0, 0.05) is 5.56 Å². The molecule has 2 aromatic carbocycles. The van der Waals surface area contributed by atoms with E-state index in [1.807, 2.05) is 0 Å². The van der Waals surface area contributed by atoms with Crippen molar-refractivity contribution in [2.75, 3.05) is 6.61 Å². The minimum absolute atomic E-state index is 0.187. The van der Waals surface area contributed by atoms with Gasteiger partial charge < -0.3 is 15.2 Å². The first-order chi connectivity index (χ1) is 12.1. The summed E-state index contributed by atoms with van der Waals surface area (Å²) in [5, 5.41) is 11.7. The summed E-state index contributed by atoms with van der Waals surface area (Å²) in [4.78, 5) is 23.5. The van der Waals surface area contributed by atoms with Gasteiger partial charge in [-0.05, 0) is 42.3 Å². The average molecular weight is 339 g/mol. The lowest BCUT2D eigenvalue weighted by Gasteiger charge is -2.07. The lowest BCUT2D eigenvalue weighted by molar-refractivity contribution is -0.132. The molecule has 0 saturated carbocycles. The monoisotopic (exact) mass is 339 g/mol. The van der Waals surface area contributed by atoms with E-state index in [2.05, 4.69) is 12.2 Å². The van der Waals surface area contributed by atoms with Crippen molar-refractivity contribution in [2.24, 2.45) is 0 Å². The molecule has 5 heteroatoms. The zero-order chi connectivity index (χ0) is 18.1. The Kier molecular flexibility index (Phi) is 6.77.